The monoisotopic (exact) mass is 314 g/mol. The first-order chi connectivity index (χ1) is 11.2. The Hall–Kier alpha value is -2.04. The van der Waals surface area contributed by atoms with Gasteiger partial charge in [-0.05, 0) is 36.8 Å². The summed E-state index contributed by atoms with van der Waals surface area (Å²) in [4.78, 5) is 20.8. The van der Waals surface area contributed by atoms with Gasteiger partial charge in [0.2, 0.25) is 5.91 Å². The molecule has 0 spiro atoms. The summed E-state index contributed by atoms with van der Waals surface area (Å²) < 4.78 is 0. The number of piperidine rings is 1. The molecule has 0 radical (unpaired) electrons. The lowest BCUT2D eigenvalue weighted by atomic mass is 10.1. The van der Waals surface area contributed by atoms with Gasteiger partial charge in [-0.15, -0.1) is 0 Å². The molecule has 5 nitrogen and oxygen atoms in total. The van der Waals surface area contributed by atoms with Gasteiger partial charge in [0, 0.05) is 39.1 Å². The number of hydrogen-bond donors (Lipinski definition) is 1. The number of nitrogens with zero attached hydrogens (tertiary/aromatic N) is 3. The van der Waals surface area contributed by atoms with Gasteiger partial charge in [0.25, 0.3) is 0 Å². The Labute approximate surface area is 138 Å². The molecule has 1 fully saturated rings. The SMILES string of the molecule is NC(=NCCCC(=O)N1Cc2ccccc2C1)N1CCCCC1. The molecular weight excluding hydrogens is 288 g/mol. The molecule has 1 aromatic carbocycles. The summed E-state index contributed by atoms with van der Waals surface area (Å²) in [5.74, 6) is 0.860. The molecule has 2 aliphatic heterocycles. The van der Waals surface area contributed by atoms with Gasteiger partial charge in [0.15, 0.2) is 5.96 Å². The highest BCUT2D eigenvalue weighted by Gasteiger charge is 2.22. The van der Waals surface area contributed by atoms with E-state index in [0.717, 1.165) is 32.6 Å². The fourth-order valence-electron chi connectivity index (χ4n) is 3.31. The van der Waals surface area contributed by atoms with Crippen LogP contribution in [0, 0.1) is 0 Å². The average Bonchev–Trinajstić information content (AvgIpc) is 3.03. The van der Waals surface area contributed by atoms with Crippen molar-refractivity contribution in [2.24, 2.45) is 10.7 Å². The maximum absolute atomic E-state index is 12.3. The number of carbonyl (C=O) groups excluding carboxylic acids is 1. The Kier molecular flexibility index (Phi) is 5.16. The van der Waals surface area contributed by atoms with E-state index in [9.17, 15) is 4.79 Å². The van der Waals surface area contributed by atoms with Gasteiger partial charge < -0.3 is 15.5 Å². The van der Waals surface area contributed by atoms with Gasteiger partial charge in [0.1, 0.15) is 0 Å². The summed E-state index contributed by atoms with van der Waals surface area (Å²) >= 11 is 0. The van der Waals surface area contributed by atoms with Gasteiger partial charge >= 0.3 is 0 Å². The van der Waals surface area contributed by atoms with Crippen molar-refractivity contribution < 1.29 is 4.79 Å². The van der Waals surface area contributed by atoms with E-state index in [0.29, 0.717) is 18.9 Å². The van der Waals surface area contributed by atoms with Crippen LogP contribution in [0.25, 0.3) is 0 Å². The lowest BCUT2D eigenvalue weighted by Gasteiger charge is -2.27. The molecule has 0 unspecified atom stereocenters. The van der Waals surface area contributed by atoms with Crippen molar-refractivity contribution in [2.45, 2.75) is 45.2 Å². The minimum atomic E-state index is 0.216. The van der Waals surface area contributed by atoms with Crippen LogP contribution >= 0.6 is 0 Å². The van der Waals surface area contributed by atoms with Crippen LogP contribution in [0.3, 0.4) is 0 Å². The number of carbonyl (C=O) groups is 1. The Morgan fingerprint density at radius 3 is 2.35 bits per heavy atom. The zero-order valence-electron chi connectivity index (χ0n) is 13.7. The Balaban J connectivity index is 1.40. The van der Waals surface area contributed by atoms with E-state index in [1.54, 1.807) is 0 Å². The molecule has 3 rings (SSSR count). The topological polar surface area (TPSA) is 61.9 Å². The highest BCUT2D eigenvalue weighted by Crippen LogP contribution is 2.22. The fourth-order valence-corrected chi connectivity index (χ4v) is 3.31. The van der Waals surface area contributed by atoms with Crippen LogP contribution in [0.5, 0.6) is 0 Å². The first-order valence-electron chi connectivity index (χ1n) is 8.63. The predicted octanol–water partition coefficient (Wildman–Crippen LogP) is 2.11. The largest absolute Gasteiger partial charge is 0.370 e. The van der Waals surface area contributed by atoms with E-state index in [1.807, 2.05) is 17.0 Å². The quantitative estimate of drug-likeness (QED) is 0.526. The lowest BCUT2D eigenvalue weighted by molar-refractivity contribution is -0.131. The van der Waals surface area contributed by atoms with Gasteiger partial charge in [-0.2, -0.15) is 0 Å². The molecule has 5 heteroatoms. The van der Waals surface area contributed by atoms with Crippen LogP contribution in [0.2, 0.25) is 0 Å². The second-order valence-corrected chi connectivity index (χ2v) is 6.41. The summed E-state index contributed by atoms with van der Waals surface area (Å²) in [6, 6.07) is 8.27. The Morgan fingerprint density at radius 1 is 1.04 bits per heavy atom. The molecule has 1 amide bonds. The number of fused-ring (bicyclic) bond motifs is 1. The standard InChI is InChI=1S/C18H26N4O/c19-18(21-11-4-1-5-12-21)20-10-6-9-17(23)22-13-15-7-2-3-8-16(15)14-22/h2-3,7-8H,1,4-6,9-14H2,(H2,19,20). The molecule has 1 aromatic rings. The lowest BCUT2D eigenvalue weighted by Crippen LogP contribution is -2.40. The number of likely N-dealkylation sites (tertiary alicyclic amines) is 1. The molecule has 0 bridgehead atoms. The van der Waals surface area contributed by atoms with Crippen molar-refractivity contribution >= 4 is 11.9 Å². The second-order valence-electron chi connectivity index (χ2n) is 6.41. The molecule has 23 heavy (non-hydrogen) atoms. The molecule has 0 atom stereocenters. The first kappa shape index (κ1) is 15.8. The second kappa shape index (κ2) is 7.49. The van der Waals surface area contributed by atoms with E-state index in [4.69, 9.17) is 5.73 Å². The van der Waals surface area contributed by atoms with Crippen molar-refractivity contribution in [3.63, 3.8) is 0 Å². The van der Waals surface area contributed by atoms with E-state index in [-0.39, 0.29) is 5.91 Å². The van der Waals surface area contributed by atoms with Crippen molar-refractivity contribution in [2.75, 3.05) is 19.6 Å². The highest BCUT2D eigenvalue weighted by atomic mass is 16.2. The summed E-state index contributed by atoms with van der Waals surface area (Å²) in [7, 11) is 0. The zero-order chi connectivity index (χ0) is 16.1. The molecule has 2 aliphatic rings. The molecule has 0 saturated carbocycles. The minimum absolute atomic E-state index is 0.216. The summed E-state index contributed by atoms with van der Waals surface area (Å²) in [5.41, 5.74) is 8.57. The van der Waals surface area contributed by atoms with Crippen LogP contribution < -0.4 is 5.73 Å². The number of amides is 1. The molecule has 2 heterocycles. The minimum Gasteiger partial charge on any atom is -0.370 e. The van der Waals surface area contributed by atoms with E-state index in [2.05, 4.69) is 22.0 Å². The third kappa shape index (κ3) is 4.03. The van der Waals surface area contributed by atoms with Crippen molar-refractivity contribution in [3.8, 4) is 0 Å². The smallest absolute Gasteiger partial charge is 0.223 e. The third-order valence-corrected chi connectivity index (χ3v) is 4.70. The number of guanidine groups is 1. The maximum atomic E-state index is 12.3. The molecule has 2 N–H and O–H groups in total. The Morgan fingerprint density at radius 2 is 1.70 bits per heavy atom. The highest BCUT2D eigenvalue weighted by molar-refractivity contribution is 5.78. The molecule has 1 saturated heterocycles. The predicted molar refractivity (Wildman–Crippen MR) is 91.8 cm³/mol. The molecular formula is C18H26N4O. The van der Waals surface area contributed by atoms with Gasteiger partial charge in [-0.3, -0.25) is 9.79 Å². The summed E-state index contributed by atoms with van der Waals surface area (Å²) in [6.07, 6.45) is 5.00. The van der Waals surface area contributed by atoms with Crippen LogP contribution in [-0.2, 0) is 17.9 Å². The van der Waals surface area contributed by atoms with Crippen molar-refractivity contribution in [3.05, 3.63) is 35.4 Å². The normalized spacial score (nSPS) is 18.2. The van der Waals surface area contributed by atoms with Crippen LogP contribution in [-0.4, -0.2) is 41.3 Å². The summed E-state index contributed by atoms with van der Waals surface area (Å²) in [6.45, 7) is 4.15. The van der Waals surface area contributed by atoms with Crippen LogP contribution in [0.4, 0.5) is 0 Å². The van der Waals surface area contributed by atoms with Crippen LogP contribution in [0.15, 0.2) is 29.3 Å². The Bertz CT molecular complexity index is 553. The molecule has 124 valence electrons. The van der Waals surface area contributed by atoms with Crippen LogP contribution in [0.1, 0.15) is 43.2 Å². The third-order valence-electron chi connectivity index (χ3n) is 4.70. The van der Waals surface area contributed by atoms with Crippen molar-refractivity contribution in [1.29, 1.82) is 0 Å². The van der Waals surface area contributed by atoms with Gasteiger partial charge in [-0.25, -0.2) is 0 Å². The maximum Gasteiger partial charge on any atom is 0.223 e. The number of benzene rings is 1. The number of rotatable bonds is 4. The fraction of sp³-hybridized carbons (Fsp3) is 0.556. The number of hydrogen-bond acceptors (Lipinski definition) is 2. The van der Waals surface area contributed by atoms with Crippen molar-refractivity contribution in [1.82, 2.24) is 9.80 Å². The van der Waals surface area contributed by atoms with E-state index in [1.165, 1.54) is 30.4 Å². The average molecular weight is 314 g/mol. The zero-order valence-corrected chi connectivity index (χ0v) is 13.7. The van der Waals surface area contributed by atoms with Gasteiger partial charge in [0.05, 0.1) is 0 Å². The summed E-state index contributed by atoms with van der Waals surface area (Å²) in [5, 5.41) is 0. The van der Waals surface area contributed by atoms with E-state index >= 15 is 0 Å². The van der Waals surface area contributed by atoms with E-state index < -0.39 is 0 Å². The number of nitrogens with two attached hydrogens (primary N) is 1. The number of aliphatic imine (C=N–C) groups is 1. The molecule has 0 aliphatic carbocycles. The molecule has 0 aromatic heterocycles. The van der Waals surface area contributed by atoms with Gasteiger partial charge in [-0.1, -0.05) is 24.3 Å². The first-order valence-corrected chi connectivity index (χ1v) is 8.63.